The Morgan fingerprint density at radius 2 is 2.31 bits per heavy atom. The van der Waals surface area contributed by atoms with E-state index in [0.29, 0.717) is 5.69 Å². The summed E-state index contributed by atoms with van der Waals surface area (Å²) in [5.41, 5.74) is 1.27. The Hall–Kier alpha value is -1.20. The number of carbonyl (C=O) groups is 1. The maximum absolute atomic E-state index is 10.4. The Morgan fingerprint density at radius 1 is 1.62 bits per heavy atom. The molecule has 0 atom stereocenters. The van der Waals surface area contributed by atoms with Gasteiger partial charge in [-0.15, -0.1) is 0 Å². The minimum atomic E-state index is 0.546. The monoisotopic (exact) mass is 284 g/mol. The fraction of sp³-hybridized carbons (Fsp3) is 0.273. The van der Waals surface area contributed by atoms with Crippen molar-refractivity contribution in [1.82, 2.24) is 9.97 Å². The van der Waals surface area contributed by atoms with Crippen LogP contribution in [0.3, 0.4) is 0 Å². The van der Waals surface area contributed by atoms with Crippen LogP contribution in [0.25, 0.3) is 11.0 Å². The highest BCUT2D eigenvalue weighted by Gasteiger charge is 2.02. The molecule has 0 saturated carbocycles. The molecule has 0 aliphatic heterocycles. The number of aromatic nitrogens is 2. The average Bonchev–Trinajstić information content (AvgIpc) is 2.74. The van der Waals surface area contributed by atoms with Gasteiger partial charge in [0.2, 0.25) is 0 Å². The zero-order chi connectivity index (χ0) is 12.0. The fourth-order valence-corrected chi connectivity index (χ4v) is 1.50. The molecule has 4 nitrogen and oxygen atoms in total. The average molecular weight is 285 g/mol. The number of hydrogen-bond acceptors (Lipinski definition) is 3. The molecule has 2 aromatic rings. The van der Waals surface area contributed by atoms with Gasteiger partial charge in [-0.05, 0) is 35.0 Å². The first-order valence-corrected chi connectivity index (χ1v) is 5.59. The lowest BCUT2D eigenvalue weighted by Crippen LogP contribution is -1.77. The largest absolute Gasteiger partial charge is 0.385 e. The lowest BCUT2D eigenvalue weighted by Gasteiger charge is -1.89. The Bertz CT molecular complexity index is 466. The van der Waals surface area contributed by atoms with E-state index < -0.39 is 0 Å². The summed E-state index contributed by atoms with van der Waals surface area (Å²) in [6.45, 7) is 2.78. The lowest BCUT2D eigenvalue weighted by molar-refractivity contribution is 0.112. The summed E-state index contributed by atoms with van der Waals surface area (Å²) in [7, 11) is 1.68. The molecule has 5 heteroatoms. The van der Waals surface area contributed by atoms with Gasteiger partial charge in [0, 0.05) is 29.8 Å². The van der Waals surface area contributed by atoms with Gasteiger partial charge in [0.1, 0.15) is 5.65 Å². The number of nitrogens with zero attached hydrogens (tertiary/aromatic N) is 1. The third-order valence-corrected chi connectivity index (χ3v) is 2.61. The predicted molar refractivity (Wildman–Crippen MR) is 66.7 cm³/mol. The highest BCUT2D eigenvalue weighted by Crippen LogP contribution is 2.21. The van der Waals surface area contributed by atoms with Gasteiger partial charge in [0.05, 0.1) is 5.69 Å². The number of aromatic amines is 1. The van der Waals surface area contributed by atoms with Crippen molar-refractivity contribution in [2.24, 2.45) is 0 Å². The van der Waals surface area contributed by atoms with E-state index in [4.69, 9.17) is 0 Å². The molecule has 0 spiro atoms. The van der Waals surface area contributed by atoms with Crippen LogP contribution in [0.1, 0.15) is 17.4 Å². The zero-order valence-corrected chi connectivity index (χ0v) is 10.7. The van der Waals surface area contributed by atoms with Gasteiger partial charge >= 0.3 is 0 Å². The number of halogens is 1. The van der Waals surface area contributed by atoms with Crippen molar-refractivity contribution in [3.8, 4) is 0 Å². The summed E-state index contributed by atoms with van der Waals surface area (Å²) >= 11 is 3.36. The number of hydrogen-bond donors (Lipinski definition) is 1. The van der Waals surface area contributed by atoms with Crippen LogP contribution >= 0.6 is 15.9 Å². The third kappa shape index (κ3) is 3.15. The van der Waals surface area contributed by atoms with Crippen molar-refractivity contribution in [3.63, 3.8) is 0 Å². The zero-order valence-electron chi connectivity index (χ0n) is 9.16. The second-order valence-electron chi connectivity index (χ2n) is 2.97. The number of rotatable bonds is 2. The molecule has 0 amide bonds. The van der Waals surface area contributed by atoms with Gasteiger partial charge in [0.25, 0.3) is 0 Å². The Kier molecular flexibility index (Phi) is 5.14. The van der Waals surface area contributed by atoms with Gasteiger partial charge in [-0.2, -0.15) is 0 Å². The molecule has 0 fully saturated rings. The van der Waals surface area contributed by atoms with E-state index in [1.54, 1.807) is 19.4 Å². The van der Waals surface area contributed by atoms with Crippen molar-refractivity contribution < 1.29 is 9.53 Å². The van der Waals surface area contributed by atoms with E-state index in [2.05, 4.69) is 30.6 Å². The van der Waals surface area contributed by atoms with Crippen LogP contribution in [0.2, 0.25) is 0 Å². The first kappa shape index (κ1) is 12.9. The molecular formula is C11H13BrN2O2. The van der Waals surface area contributed by atoms with Crippen LogP contribution in [-0.4, -0.2) is 30.0 Å². The molecule has 0 unspecified atom stereocenters. The summed E-state index contributed by atoms with van der Waals surface area (Å²) < 4.78 is 5.48. The number of methoxy groups -OCH3 is 1. The SMILES string of the molecule is CCOC.O=Cc1cc2c(Br)ccnc2[nH]1. The Morgan fingerprint density at radius 3 is 2.81 bits per heavy atom. The van der Waals surface area contributed by atoms with Crippen molar-refractivity contribution in [2.75, 3.05) is 13.7 Å². The van der Waals surface area contributed by atoms with Crippen LogP contribution in [0.5, 0.6) is 0 Å². The van der Waals surface area contributed by atoms with E-state index in [1.165, 1.54) is 0 Å². The van der Waals surface area contributed by atoms with Gasteiger partial charge in [0.15, 0.2) is 6.29 Å². The quantitative estimate of drug-likeness (QED) is 0.863. The molecule has 2 heterocycles. The summed E-state index contributed by atoms with van der Waals surface area (Å²) in [5, 5.41) is 0.930. The van der Waals surface area contributed by atoms with Gasteiger partial charge < -0.3 is 9.72 Å². The Balaban J connectivity index is 0.000000280. The third-order valence-electron chi connectivity index (χ3n) is 1.92. The van der Waals surface area contributed by atoms with Crippen LogP contribution in [0.15, 0.2) is 22.8 Å². The van der Waals surface area contributed by atoms with Crippen LogP contribution in [0, 0.1) is 0 Å². The maximum Gasteiger partial charge on any atom is 0.166 e. The predicted octanol–water partition coefficient (Wildman–Crippen LogP) is 2.79. The molecule has 0 aliphatic rings. The minimum Gasteiger partial charge on any atom is -0.385 e. The van der Waals surface area contributed by atoms with Crippen molar-refractivity contribution in [3.05, 3.63) is 28.5 Å². The second-order valence-corrected chi connectivity index (χ2v) is 3.83. The number of carbonyl (C=O) groups excluding carboxylic acids is 1. The van der Waals surface area contributed by atoms with Crippen molar-refractivity contribution in [2.45, 2.75) is 6.92 Å². The summed E-state index contributed by atoms with van der Waals surface area (Å²) in [5.74, 6) is 0. The second kappa shape index (κ2) is 6.40. The molecule has 0 bridgehead atoms. The highest BCUT2D eigenvalue weighted by molar-refractivity contribution is 9.10. The van der Waals surface area contributed by atoms with Gasteiger partial charge in [-0.1, -0.05) is 0 Å². The normalized spacial score (nSPS) is 9.69. The molecule has 2 aromatic heterocycles. The highest BCUT2D eigenvalue weighted by atomic mass is 79.9. The summed E-state index contributed by atoms with van der Waals surface area (Å²) in [4.78, 5) is 17.4. The molecule has 16 heavy (non-hydrogen) atoms. The fourth-order valence-electron chi connectivity index (χ4n) is 1.08. The topological polar surface area (TPSA) is 55.0 Å². The van der Waals surface area contributed by atoms with E-state index in [9.17, 15) is 4.79 Å². The summed E-state index contributed by atoms with van der Waals surface area (Å²) in [6.07, 6.45) is 2.45. The number of pyridine rings is 1. The molecule has 0 aliphatic carbocycles. The summed E-state index contributed by atoms with van der Waals surface area (Å²) in [6, 6.07) is 3.60. The van der Waals surface area contributed by atoms with Crippen LogP contribution < -0.4 is 0 Å². The first-order chi connectivity index (χ1) is 7.72. The standard InChI is InChI=1S/C8H5BrN2O.C3H8O/c9-7-1-2-10-8-6(7)3-5(4-12)11-8;1-3-4-2/h1-4H,(H,10,11);3H2,1-2H3. The molecule has 0 saturated heterocycles. The molecule has 1 N–H and O–H groups in total. The molecule has 2 rings (SSSR count). The van der Waals surface area contributed by atoms with E-state index >= 15 is 0 Å². The first-order valence-electron chi connectivity index (χ1n) is 4.80. The maximum atomic E-state index is 10.4. The number of aldehydes is 1. The van der Waals surface area contributed by atoms with Crippen molar-refractivity contribution >= 4 is 33.2 Å². The number of nitrogens with one attached hydrogen (secondary N) is 1. The van der Waals surface area contributed by atoms with Crippen LogP contribution in [0.4, 0.5) is 0 Å². The Labute approximate surface area is 102 Å². The van der Waals surface area contributed by atoms with Gasteiger partial charge in [-0.3, -0.25) is 4.79 Å². The number of ether oxygens (including phenoxy) is 1. The minimum absolute atomic E-state index is 0.546. The molecule has 0 radical (unpaired) electrons. The molecule has 0 aromatic carbocycles. The van der Waals surface area contributed by atoms with E-state index in [-0.39, 0.29) is 0 Å². The lowest BCUT2D eigenvalue weighted by atomic mass is 10.3. The molecule has 86 valence electrons. The molecular weight excluding hydrogens is 272 g/mol. The van der Waals surface area contributed by atoms with E-state index in [0.717, 1.165) is 28.4 Å². The van der Waals surface area contributed by atoms with Crippen LogP contribution in [-0.2, 0) is 4.74 Å². The smallest absolute Gasteiger partial charge is 0.166 e. The van der Waals surface area contributed by atoms with Crippen molar-refractivity contribution in [1.29, 1.82) is 0 Å². The number of H-pyrrole nitrogens is 1. The number of fused-ring (bicyclic) bond motifs is 1. The van der Waals surface area contributed by atoms with E-state index in [1.807, 2.05) is 13.0 Å². The van der Waals surface area contributed by atoms with Gasteiger partial charge in [-0.25, -0.2) is 4.98 Å².